The van der Waals surface area contributed by atoms with Crippen molar-refractivity contribution in [3.63, 3.8) is 0 Å². The average Bonchev–Trinajstić information content (AvgIpc) is 2.40. The van der Waals surface area contributed by atoms with Gasteiger partial charge in [-0.2, -0.15) is 0 Å². The van der Waals surface area contributed by atoms with Crippen LogP contribution in [-0.2, 0) is 9.59 Å². The number of hydrogen-bond acceptors (Lipinski definition) is 7. The number of aliphatic hydroxyl groups excluding tert-OH is 5. The number of rotatable bonds is 7. The van der Waals surface area contributed by atoms with Gasteiger partial charge in [-0.05, 0) is 0 Å². The predicted octanol–water partition coefficient (Wildman–Crippen LogP) is -3.71. The maximum absolute atomic E-state index is 11.5. The number of aliphatic hydroxyl groups is 5. The fraction of sp³-hybridized carbons (Fsp3) is 0.600. The molecule has 0 aliphatic heterocycles. The highest BCUT2D eigenvalue weighted by Gasteiger charge is 2.35. The van der Waals surface area contributed by atoms with E-state index in [0.717, 1.165) is 0 Å². The Labute approximate surface area is 103 Å². The summed E-state index contributed by atoms with van der Waals surface area (Å²) in [4.78, 5) is 22.5. The lowest BCUT2D eigenvalue weighted by Crippen LogP contribution is -2.49. The number of ketones is 1. The normalized spacial score (nSPS) is 17.4. The molecule has 0 fully saturated rings. The molecular formula is C10H17NO7. The van der Waals surface area contributed by atoms with Crippen LogP contribution in [0.2, 0.25) is 0 Å². The minimum atomic E-state index is -2.13. The summed E-state index contributed by atoms with van der Waals surface area (Å²) in [6.07, 6.45) is -7.85. The van der Waals surface area contributed by atoms with E-state index in [1.807, 2.05) is 0 Å². The maximum atomic E-state index is 11.5. The number of carbonyl (C=O) groups excluding carboxylic acids is 2. The standard InChI is InChI=1S/C10H17NO7/c1-4(10(18)11-2)6(14)8(16)9(17)7(15)5(13)3-12/h5,7-9,12-13,15-17H,1,3H2,2H3,(H,11,18)/t5-,7-,8+,9+/m1/s1. The van der Waals surface area contributed by atoms with Gasteiger partial charge in [-0.15, -0.1) is 0 Å². The molecule has 104 valence electrons. The minimum absolute atomic E-state index is 0.602. The molecule has 0 aliphatic rings. The molecule has 0 radical (unpaired) electrons. The Kier molecular flexibility index (Phi) is 6.66. The summed E-state index contributed by atoms with van der Waals surface area (Å²) in [6, 6.07) is 0. The summed E-state index contributed by atoms with van der Waals surface area (Å²) in [5.74, 6) is -2.03. The molecule has 8 nitrogen and oxygen atoms in total. The van der Waals surface area contributed by atoms with Crippen LogP contribution >= 0.6 is 0 Å². The van der Waals surface area contributed by atoms with Crippen LogP contribution in [0, 0.1) is 0 Å². The van der Waals surface area contributed by atoms with Crippen LogP contribution in [0.1, 0.15) is 0 Å². The Morgan fingerprint density at radius 3 is 2.06 bits per heavy atom. The van der Waals surface area contributed by atoms with E-state index in [-0.39, 0.29) is 0 Å². The van der Waals surface area contributed by atoms with Gasteiger partial charge in [0.25, 0.3) is 5.91 Å². The van der Waals surface area contributed by atoms with Crippen molar-refractivity contribution >= 4 is 11.7 Å². The van der Waals surface area contributed by atoms with Gasteiger partial charge in [0.15, 0.2) is 5.78 Å². The highest BCUT2D eigenvalue weighted by Crippen LogP contribution is 2.09. The van der Waals surface area contributed by atoms with Crippen LogP contribution in [-0.4, -0.2) is 75.3 Å². The number of nitrogens with one attached hydrogen (secondary N) is 1. The molecule has 0 aliphatic carbocycles. The van der Waals surface area contributed by atoms with E-state index in [1.165, 1.54) is 7.05 Å². The summed E-state index contributed by atoms with van der Waals surface area (Å²) in [5, 5.41) is 47.8. The zero-order chi connectivity index (χ0) is 14.5. The lowest BCUT2D eigenvalue weighted by molar-refractivity contribution is -0.144. The first-order chi connectivity index (χ1) is 8.27. The van der Waals surface area contributed by atoms with Crippen LogP contribution in [0.4, 0.5) is 0 Å². The van der Waals surface area contributed by atoms with Gasteiger partial charge in [0.05, 0.1) is 12.2 Å². The Hall–Kier alpha value is -1.32. The topological polar surface area (TPSA) is 147 Å². The molecule has 0 heterocycles. The zero-order valence-electron chi connectivity index (χ0n) is 9.78. The lowest BCUT2D eigenvalue weighted by atomic mass is 9.97. The third-order valence-electron chi connectivity index (χ3n) is 2.32. The molecule has 18 heavy (non-hydrogen) atoms. The largest absolute Gasteiger partial charge is 0.394 e. The lowest BCUT2D eigenvalue weighted by Gasteiger charge is -2.24. The van der Waals surface area contributed by atoms with Crippen LogP contribution in [0.25, 0.3) is 0 Å². The number of amides is 1. The molecule has 6 N–H and O–H groups in total. The average molecular weight is 263 g/mol. The van der Waals surface area contributed by atoms with E-state index in [9.17, 15) is 24.9 Å². The first-order valence-electron chi connectivity index (χ1n) is 5.06. The second-order valence-corrected chi connectivity index (χ2v) is 3.60. The Morgan fingerprint density at radius 2 is 1.67 bits per heavy atom. The highest BCUT2D eigenvalue weighted by molar-refractivity contribution is 6.20. The molecule has 1 amide bonds. The van der Waals surface area contributed by atoms with Gasteiger partial charge < -0.3 is 30.8 Å². The molecule has 0 spiro atoms. The SMILES string of the molecule is C=C(C(=O)NC)C(=O)[C@H](O)[C@@H](O)[C@H](O)[C@H](O)CO. The third-order valence-corrected chi connectivity index (χ3v) is 2.32. The number of Topliss-reactive ketones (excluding diaryl/α,β-unsaturated/α-hetero) is 1. The van der Waals surface area contributed by atoms with Gasteiger partial charge in [-0.3, -0.25) is 9.59 Å². The highest BCUT2D eigenvalue weighted by atomic mass is 16.4. The van der Waals surface area contributed by atoms with Crippen LogP contribution in [0.3, 0.4) is 0 Å². The van der Waals surface area contributed by atoms with Crippen LogP contribution in [0.5, 0.6) is 0 Å². The zero-order valence-corrected chi connectivity index (χ0v) is 9.78. The fourth-order valence-corrected chi connectivity index (χ4v) is 1.12. The van der Waals surface area contributed by atoms with Gasteiger partial charge in [-0.25, -0.2) is 0 Å². The second-order valence-electron chi connectivity index (χ2n) is 3.60. The van der Waals surface area contributed by atoms with E-state index < -0.39 is 48.3 Å². The predicted molar refractivity (Wildman–Crippen MR) is 59.3 cm³/mol. The van der Waals surface area contributed by atoms with Crippen molar-refractivity contribution in [2.45, 2.75) is 24.4 Å². The maximum Gasteiger partial charge on any atom is 0.254 e. The van der Waals surface area contributed by atoms with Gasteiger partial charge in [-0.1, -0.05) is 6.58 Å². The number of hydrogen-bond donors (Lipinski definition) is 6. The molecule has 0 saturated carbocycles. The molecule has 0 bridgehead atoms. The smallest absolute Gasteiger partial charge is 0.254 e. The molecule has 0 aromatic carbocycles. The second kappa shape index (κ2) is 7.19. The monoisotopic (exact) mass is 263 g/mol. The van der Waals surface area contributed by atoms with Gasteiger partial charge in [0.2, 0.25) is 0 Å². The Bertz CT molecular complexity index is 330. The van der Waals surface area contributed by atoms with Crippen molar-refractivity contribution in [1.82, 2.24) is 5.32 Å². The molecule has 0 unspecified atom stereocenters. The Morgan fingerprint density at radius 1 is 1.17 bits per heavy atom. The van der Waals surface area contributed by atoms with E-state index in [1.54, 1.807) is 0 Å². The van der Waals surface area contributed by atoms with Gasteiger partial charge in [0, 0.05) is 7.05 Å². The van der Waals surface area contributed by atoms with Crippen molar-refractivity contribution in [2.75, 3.05) is 13.7 Å². The summed E-state index contributed by atoms with van der Waals surface area (Å²) >= 11 is 0. The van der Waals surface area contributed by atoms with E-state index in [2.05, 4.69) is 11.9 Å². The van der Waals surface area contributed by atoms with Gasteiger partial charge in [0.1, 0.15) is 24.4 Å². The van der Waals surface area contributed by atoms with Crippen molar-refractivity contribution in [3.8, 4) is 0 Å². The summed E-state index contributed by atoms with van der Waals surface area (Å²) in [5.41, 5.74) is -0.602. The number of carbonyl (C=O) groups is 2. The van der Waals surface area contributed by atoms with Crippen LogP contribution < -0.4 is 5.32 Å². The quantitative estimate of drug-likeness (QED) is 0.157. The van der Waals surface area contributed by atoms with Crippen molar-refractivity contribution in [2.24, 2.45) is 0 Å². The summed E-state index contributed by atoms with van der Waals surface area (Å²) < 4.78 is 0. The number of likely N-dealkylation sites (N-methyl/N-ethyl adjacent to an activating group) is 1. The fourth-order valence-electron chi connectivity index (χ4n) is 1.12. The minimum Gasteiger partial charge on any atom is -0.394 e. The van der Waals surface area contributed by atoms with E-state index in [0.29, 0.717) is 0 Å². The molecule has 0 rings (SSSR count). The van der Waals surface area contributed by atoms with E-state index in [4.69, 9.17) is 10.2 Å². The molecule has 8 heteroatoms. The van der Waals surface area contributed by atoms with E-state index >= 15 is 0 Å². The first-order valence-corrected chi connectivity index (χ1v) is 5.06. The Balaban J connectivity index is 4.74. The molecular weight excluding hydrogens is 246 g/mol. The molecule has 0 aromatic rings. The first kappa shape index (κ1) is 16.7. The van der Waals surface area contributed by atoms with Crippen LogP contribution in [0.15, 0.2) is 12.2 Å². The summed E-state index contributed by atoms with van der Waals surface area (Å²) in [6.45, 7) is 2.26. The molecule has 0 aromatic heterocycles. The molecule has 4 atom stereocenters. The third kappa shape index (κ3) is 3.86. The van der Waals surface area contributed by atoms with Gasteiger partial charge >= 0.3 is 0 Å². The van der Waals surface area contributed by atoms with Crippen molar-refractivity contribution in [1.29, 1.82) is 0 Å². The summed E-state index contributed by atoms with van der Waals surface area (Å²) in [7, 11) is 1.24. The molecule has 0 saturated heterocycles. The van der Waals surface area contributed by atoms with Crippen molar-refractivity contribution in [3.05, 3.63) is 12.2 Å². The van der Waals surface area contributed by atoms with Crippen molar-refractivity contribution < 1.29 is 35.1 Å².